The Morgan fingerprint density at radius 3 is 2.56 bits per heavy atom. The molecule has 106 valence electrons. The van der Waals surface area contributed by atoms with Crippen LogP contribution in [0.15, 0.2) is 0 Å². The number of likely N-dealkylation sites (tertiary alicyclic amines) is 1. The van der Waals surface area contributed by atoms with Gasteiger partial charge in [-0.15, -0.1) is 0 Å². The minimum atomic E-state index is 0.435. The van der Waals surface area contributed by atoms with Gasteiger partial charge >= 0.3 is 0 Å². The molecule has 2 aliphatic heterocycles. The molecule has 4 unspecified atom stereocenters. The highest BCUT2D eigenvalue weighted by atomic mass is 16.5. The maximum atomic E-state index is 6.08. The summed E-state index contributed by atoms with van der Waals surface area (Å²) < 4.78 is 6.08. The second-order valence-electron chi connectivity index (χ2n) is 6.24. The number of ether oxygens (including phenoxy) is 1. The topological polar surface area (TPSA) is 27.7 Å². The van der Waals surface area contributed by atoms with Crippen molar-refractivity contribution >= 4 is 0 Å². The molecule has 0 aromatic carbocycles. The normalized spacial score (nSPS) is 37.8. The van der Waals surface area contributed by atoms with Gasteiger partial charge in [0.05, 0.1) is 12.2 Å². The van der Waals surface area contributed by atoms with Crippen LogP contribution in [0.1, 0.15) is 19.8 Å². The summed E-state index contributed by atoms with van der Waals surface area (Å²) in [6, 6.07) is 0.708. The van der Waals surface area contributed by atoms with E-state index in [1.165, 1.54) is 25.9 Å². The van der Waals surface area contributed by atoms with E-state index in [0.29, 0.717) is 18.2 Å². The monoisotopic (exact) mass is 255 g/mol. The van der Waals surface area contributed by atoms with Gasteiger partial charge < -0.3 is 15.0 Å². The van der Waals surface area contributed by atoms with Crippen molar-refractivity contribution in [3.8, 4) is 0 Å². The van der Waals surface area contributed by atoms with Crippen LogP contribution in [0.4, 0.5) is 0 Å². The van der Waals surface area contributed by atoms with Crippen molar-refractivity contribution in [3.63, 3.8) is 0 Å². The maximum Gasteiger partial charge on any atom is 0.0707 e. The summed E-state index contributed by atoms with van der Waals surface area (Å²) in [6.07, 6.45) is 3.33. The molecular weight excluding hydrogens is 226 g/mol. The fourth-order valence-corrected chi connectivity index (χ4v) is 3.45. The molecule has 0 radical (unpaired) electrons. The van der Waals surface area contributed by atoms with Crippen LogP contribution in [0.25, 0.3) is 0 Å². The van der Waals surface area contributed by atoms with Gasteiger partial charge in [-0.25, -0.2) is 0 Å². The minimum absolute atomic E-state index is 0.435. The molecule has 0 aromatic rings. The van der Waals surface area contributed by atoms with Gasteiger partial charge in [-0.05, 0) is 39.9 Å². The smallest absolute Gasteiger partial charge is 0.0707 e. The molecule has 2 saturated heterocycles. The van der Waals surface area contributed by atoms with Crippen LogP contribution in [-0.2, 0) is 4.74 Å². The van der Waals surface area contributed by atoms with Crippen molar-refractivity contribution in [2.24, 2.45) is 5.92 Å². The van der Waals surface area contributed by atoms with Crippen molar-refractivity contribution < 1.29 is 4.74 Å². The highest BCUT2D eigenvalue weighted by Crippen LogP contribution is 2.24. The molecule has 0 aliphatic carbocycles. The molecule has 2 aliphatic rings. The third-order valence-corrected chi connectivity index (χ3v) is 4.40. The molecule has 4 heteroatoms. The first-order chi connectivity index (χ1) is 8.60. The summed E-state index contributed by atoms with van der Waals surface area (Å²) in [5.41, 5.74) is 0. The third kappa shape index (κ3) is 3.44. The lowest BCUT2D eigenvalue weighted by atomic mass is 10.1. The molecule has 4 nitrogen and oxygen atoms in total. The Labute approximate surface area is 112 Å². The van der Waals surface area contributed by atoms with Crippen LogP contribution < -0.4 is 5.32 Å². The molecule has 2 heterocycles. The first-order valence-electron chi connectivity index (χ1n) is 7.29. The molecule has 2 rings (SSSR count). The maximum absolute atomic E-state index is 6.08. The number of rotatable bonds is 5. The number of nitrogens with one attached hydrogen (secondary N) is 1. The average molecular weight is 255 g/mol. The van der Waals surface area contributed by atoms with E-state index in [1.54, 1.807) is 0 Å². The quantitative estimate of drug-likeness (QED) is 0.780. The van der Waals surface area contributed by atoms with Gasteiger partial charge in [0.2, 0.25) is 0 Å². The fourth-order valence-electron chi connectivity index (χ4n) is 3.45. The van der Waals surface area contributed by atoms with E-state index in [9.17, 15) is 0 Å². The summed E-state index contributed by atoms with van der Waals surface area (Å²) in [4.78, 5) is 4.95. The van der Waals surface area contributed by atoms with E-state index in [4.69, 9.17) is 4.74 Å². The Balaban J connectivity index is 1.75. The third-order valence-electron chi connectivity index (χ3n) is 4.40. The first-order valence-corrected chi connectivity index (χ1v) is 7.29. The summed E-state index contributed by atoms with van der Waals surface area (Å²) in [5.74, 6) is 0.773. The van der Waals surface area contributed by atoms with Crippen LogP contribution in [0, 0.1) is 5.92 Å². The zero-order valence-corrected chi connectivity index (χ0v) is 12.4. The first kappa shape index (κ1) is 14.3. The molecule has 18 heavy (non-hydrogen) atoms. The Hall–Kier alpha value is -0.160. The zero-order valence-electron chi connectivity index (χ0n) is 12.4. The number of hydrogen-bond acceptors (Lipinski definition) is 4. The molecule has 0 amide bonds. The molecule has 0 spiro atoms. The Morgan fingerprint density at radius 1 is 1.22 bits per heavy atom. The van der Waals surface area contributed by atoms with E-state index in [0.717, 1.165) is 19.0 Å². The second kappa shape index (κ2) is 6.33. The number of nitrogens with zero attached hydrogens (tertiary/aromatic N) is 2. The van der Waals surface area contributed by atoms with Gasteiger partial charge in [-0.2, -0.15) is 0 Å². The standard InChI is InChI=1S/C14H29N3O/c1-11-8-17(10-14(11)16(3)4)9-13-6-5-12(18-13)7-15-2/h11-15H,5-10H2,1-4H3. The Kier molecular flexibility index (Phi) is 5.01. The van der Waals surface area contributed by atoms with E-state index in [-0.39, 0.29) is 0 Å². The molecule has 0 aromatic heterocycles. The van der Waals surface area contributed by atoms with E-state index < -0.39 is 0 Å². The summed E-state index contributed by atoms with van der Waals surface area (Å²) in [7, 11) is 6.39. The van der Waals surface area contributed by atoms with Crippen molar-refractivity contribution in [2.45, 2.75) is 38.0 Å². The second-order valence-corrected chi connectivity index (χ2v) is 6.24. The van der Waals surface area contributed by atoms with E-state index in [1.807, 2.05) is 7.05 Å². The lowest BCUT2D eigenvalue weighted by molar-refractivity contribution is 0.0272. The predicted octanol–water partition coefficient (Wildman–Crippen LogP) is 0.635. The lowest BCUT2D eigenvalue weighted by Gasteiger charge is -2.23. The largest absolute Gasteiger partial charge is 0.372 e. The Bertz CT molecular complexity index is 259. The van der Waals surface area contributed by atoms with E-state index >= 15 is 0 Å². The molecule has 0 bridgehead atoms. The van der Waals surface area contributed by atoms with Gasteiger partial charge in [0, 0.05) is 32.2 Å². The molecule has 2 fully saturated rings. The van der Waals surface area contributed by atoms with Gasteiger partial charge in [0.15, 0.2) is 0 Å². The van der Waals surface area contributed by atoms with Gasteiger partial charge in [-0.3, -0.25) is 4.90 Å². The van der Waals surface area contributed by atoms with Crippen LogP contribution >= 0.6 is 0 Å². The van der Waals surface area contributed by atoms with Crippen molar-refractivity contribution in [3.05, 3.63) is 0 Å². The molecular formula is C14H29N3O. The highest BCUT2D eigenvalue weighted by Gasteiger charge is 2.34. The number of likely N-dealkylation sites (N-methyl/N-ethyl adjacent to an activating group) is 2. The summed E-state index contributed by atoms with van der Waals surface area (Å²) >= 11 is 0. The highest BCUT2D eigenvalue weighted by molar-refractivity contribution is 4.88. The van der Waals surface area contributed by atoms with Crippen LogP contribution in [-0.4, -0.2) is 75.4 Å². The molecule has 4 atom stereocenters. The van der Waals surface area contributed by atoms with Crippen molar-refractivity contribution in [1.82, 2.24) is 15.1 Å². The Morgan fingerprint density at radius 2 is 1.94 bits per heavy atom. The van der Waals surface area contributed by atoms with Crippen LogP contribution in [0.2, 0.25) is 0 Å². The number of hydrogen-bond donors (Lipinski definition) is 1. The summed E-state index contributed by atoms with van der Waals surface area (Å²) in [5, 5.41) is 3.21. The van der Waals surface area contributed by atoms with E-state index in [2.05, 4.69) is 36.1 Å². The SMILES string of the molecule is CNCC1CCC(CN2CC(C)C(N(C)C)C2)O1. The van der Waals surface area contributed by atoms with Crippen LogP contribution in [0.5, 0.6) is 0 Å². The van der Waals surface area contributed by atoms with Gasteiger partial charge in [0.1, 0.15) is 0 Å². The van der Waals surface area contributed by atoms with Crippen molar-refractivity contribution in [2.75, 3.05) is 47.3 Å². The van der Waals surface area contributed by atoms with Crippen molar-refractivity contribution in [1.29, 1.82) is 0 Å². The molecule has 0 saturated carbocycles. The minimum Gasteiger partial charge on any atom is -0.372 e. The predicted molar refractivity (Wildman–Crippen MR) is 74.9 cm³/mol. The average Bonchev–Trinajstić information content (AvgIpc) is 2.87. The fraction of sp³-hybridized carbons (Fsp3) is 1.00. The van der Waals surface area contributed by atoms with Crippen LogP contribution in [0.3, 0.4) is 0 Å². The van der Waals surface area contributed by atoms with Gasteiger partial charge in [-0.1, -0.05) is 6.92 Å². The lowest BCUT2D eigenvalue weighted by Crippen LogP contribution is -2.36. The zero-order chi connectivity index (χ0) is 13.1. The summed E-state index contributed by atoms with van der Waals surface area (Å²) in [6.45, 7) is 6.90. The molecule has 1 N–H and O–H groups in total. The van der Waals surface area contributed by atoms with Gasteiger partial charge in [0.25, 0.3) is 0 Å².